The van der Waals surface area contributed by atoms with Gasteiger partial charge in [-0.25, -0.2) is 4.39 Å². The Hall–Kier alpha value is -2.87. The van der Waals surface area contributed by atoms with E-state index in [0.29, 0.717) is 5.82 Å². The molecule has 3 rings (SSSR count). The van der Waals surface area contributed by atoms with Crippen LogP contribution in [0, 0.1) is 5.82 Å². The Morgan fingerprint density at radius 3 is 2.74 bits per heavy atom. The quantitative estimate of drug-likeness (QED) is 0.796. The average Bonchev–Trinajstić information content (AvgIpc) is 3.03. The molecule has 3 aromatic rings. The number of ether oxygens (including phenoxy) is 1. The van der Waals surface area contributed by atoms with Crippen LogP contribution in [0.15, 0.2) is 42.7 Å². The van der Waals surface area contributed by atoms with Crippen molar-refractivity contribution in [2.75, 3.05) is 12.4 Å². The van der Waals surface area contributed by atoms with Crippen LogP contribution in [-0.2, 0) is 0 Å². The molecule has 1 N–H and O–H groups in total. The Kier molecular flexibility index (Phi) is 4.24. The number of hydrogen-bond donors (Lipinski definition) is 1. The van der Waals surface area contributed by atoms with Crippen LogP contribution in [-0.4, -0.2) is 27.4 Å². The number of halogens is 1. The van der Waals surface area contributed by atoms with Crippen molar-refractivity contribution >= 4 is 22.6 Å². The molecule has 2 heterocycles. The first-order chi connectivity index (χ1) is 11.2. The highest BCUT2D eigenvalue weighted by atomic mass is 32.1. The van der Waals surface area contributed by atoms with Crippen molar-refractivity contribution < 1.29 is 13.9 Å². The first-order valence-corrected chi connectivity index (χ1v) is 7.33. The molecule has 0 spiro atoms. The average molecular weight is 330 g/mol. The van der Waals surface area contributed by atoms with Crippen LogP contribution in [0.3, 0.4) is 0 Å². The van der Waals surface area contributed by atoms with Crippen LogP contribution in [0.25, 0.3) is 11.4 Å². The van der Waals surface area contributed by atoms with E-state index in [2.05, 4.69) is 19.7 Å². The summed E-state index contributed by atoms with van der Waals surface area (Å²) in [5, 5.41) is 2.81. The van der Waals surface area contributed by atoms with E-state index in [0.717, 1.165) is 29.0 Å². The third-order valence-corrected chi connectivity index (χ3v) is 3.64. The molecule has 0 saturated heterocycles. The molecule has 1 amide bonds. The zero-order valence-electron chi connectivity index (χ0n) is 12.0. The molecule has 6 nitrogen and oxygen atoms in total. The van der Waals surface area contributed by atoms with Gasteiger partial charge in [0.2, 0.25) is 5.13 Å². The molecular formula is C15H11FN4O2S. The summed E-state index contributed by atoms with van der Waals surface area (Å²) in [6.07, 6.45) is 2.33. The predicted molar refractivity (Wildman–Crippen MR) is 84.0 cm³/mol. The summed E-state index contributed by atoms with van der Waals surface area (Å²) in [7, 11) is 1.59. The van der Waals surface area contributed by atoms with Crippen molar-refractivity contribution in [1.82, 2.24) is 14.3 Å². The van der Waals surface area contributed by atoms with Crippen LogP contribution < -0.4 is 10.1 Å². The second kappa shape index (κ2) is 6.49. The Balaban J connectivity index is 1.76. The number of carbonyl (C=O) groups is 1. The normalized spacial score (nSPS) is 10.3. The third-order valence-electron chi connectivity index (χ3n) is 3.01. The highest BCUT2D eigenvalue weighted by Gasteiger charge is 2.14. The molecule has 23 heavy (non-hydrogen) atoms. The topological polar surface area (TPSA) is 77.0 Å². The SMILES string of the molecule is COc1ccc(-c2nsc(NC(=O)c3ccncc3F)n2)cc1. The first kappa shape index (κ1) is 15.0. The number of anilines is 1. The van der Waals surface area contributed by atoms with Gasteiger partial charge in [0.05, 0.1) is 18.9 Å². The summed E-state index contributed by atoms with van der Waals surface area (Å²) in [5.41, 5.74) is 0.693. The van der Waals surface area contributed by atoms with E-state index in [1.165, 1.54) is 12.3 Å². The Morgan fingerprint density at radius 2 is 2.04 bits per heavy atom. The van der Waals surface area contributed by atoms with Crippen molar-refractivity contribution in [3.8, 4) is 17.1 Å². The summed E-state index contributed by atoms with van der Waals surface area (Å²) >= 11 is 1.02. The Labute approximate surface area is 135 Å². The van der Waals surface area contributed by atoms with E-state index in [4.69, 9.17) is 4.74 Å². The van der Waals surface area contributed by atoms with Crippen LogP contribution in [0.5, 0.6) is 5.75 Å². The van der Waals surface area contributed by atoms with E-state index >= 15 is 0 Å². The van der Waals surface area contributed by atoms with Crippen molar-refractivity contribution in [2.24, 2.45) is 0 Å². The number of amides is 1. The fourth-order valence-electron chi connectivity index (χ4n) is 1.86. The van der Waals surface area contributed by atoms with Gasteiger partial charge < -0.3 is 4.74 Å². The smallest absolute Gasteiger partial charge is 0.260 e. The molecule has 0 aliphatic carbocycles. The van der Waals surface area contributed by atoms with Crippen LogP contribution >= 0.6 is 11.5 Å². The number of pyridine rings is 1. The maximum absolute atomic E-state index is 13.5. The highest BCUT2D eigenvalue weighted by Crippen LogP contribution is 2.23. The number of nitrogens with zero attached hydrogens (tertiary/aromatic N) is 3. The third kappa shape index (κ3) is 3.32. The molecule has 1 aromatic carbocycles. The van der Waals surface area contributed by atoms with E-state index in [1.54, 1.807) is 19.2 Å². The Bertz CT molecular complexity index is 836. The molecule has 0 atom stereocenters. The lowest BCUT2D eigenvalue weighted by Crippen LogP contribution is -2.13. The van der Waals surface area contributed by atoms with Gasteiger partial charge in [-0.15, -0.1) is 0 Å². The minimum atomic E-state index is -0.690. The molecule has 0 aliphatic heterocycles. The van der Waals surface area contributed by atoms with Gasteiger partial charge >= 0.3 is 0 Å². The molecule has 0 aliphatic rings. The van der Waals surface area contributed by atoms with E-state index in [9.17, 15) is 9.18 Å². The van der Waals surface area contributed by atoms with Crippen LogP contribution in [0.4, 0.5) is 9.52 Å². The number of aromatic nitrogens is 3. The fourth-order valence-corrected chi connectivity index (χ4v) is 2.44. The lowest BCUT2D eigenvalue weighted by Gasteiger charge is -2.01. The molecule has 2 aromatic heterocycles. The Morgan fingerprint density at radius 1 is 1.26 bits per heavy atom. The van der Waals surface area contributed by atoms with Gasteiger partial charge in [-0.2, -0.15) is 9.36 Å². The lowest BCUT2D eigenvalue weighted by atomic mass is 10.2. The van der Waals surface area contributed by atoms with Crippen molar-refractivity contribution in [2.45, 2.75) is 0 Å². The van der Waals surface area contributed by atoms with Gasteiger partial charge in [0.1, 0.15) is 5.75 Å². The molecule has 0 unspecified atom stereocenters. The molecule has 116 valence electrons. The summed E-state index contributed by atoms with van der Waals surface area (Å²) < 4.78 is 22.8. The highest BCUT2D eigenvalue weighted by molar-refractivity contribution is 7.10. The van der Waals surface area contributed by atoms with E-state index < -0.39 is 11.7 Å². The minimum absolute atomic E-state index is 0.0961. The van der Waals surface area contributed by atoms with Crippen molar-refractivity contribution in [1.29, 1.82) is 0 Å². The minimum Gasteiger partial charge on any atom is -0.497 e. The largest absolute Gasteiger partial charge is 0.497 e. The van der Waals surface area contributed by atoms with E-state index in [1.807, 2.05) is 12.1 Å². The van der Waals surface area contributed by atoms with Gasteiger partial charge in [-0.05, 0) is 30.3 Å². The van der Waals surface area contributed by atoms with Crippen LogP contribution in [0.1, 0.15) is 10.4 Å². The number of carbonyl (C=O) groups excluding carboxylic acids is 1. The zero-order valence-corrected chi connectivity index (χ0v) is 12.8. The van der Waals surface area contributed by atoms with Gasteiger partial charge in [0.25, 0.3) is 5.91 Å². The number of benzene rings is 1. The van der Waals surface area contributed by atoms with E-state index in [-0.39, 0.29) is 10.7 Å². The van der Waals surface area contributed by atoms with Crippen molar-refractivity contribution in [3.63, 3.8) is 0 Å². The summed E-state index contributed by atoms with van der Waals surface area (Å²) in [4.78, 5) is 19.8. The van der Waals surface area contributed by atoms with Crippen LogP contribution in [0.2, 0.25) is 0 Å². The summed E-state index contributed by atoms with van der Waals surface area (Å²) in [6.45, 7) is 0. The molecule has 0 fully saturated rings. The van der Waals surface area contributed by atoms with Gasteiger partial charge in [0.15, 0.2) is 11.6 Å². The predicted octanol–water partition coefficient (Wildman–Crippen LogP) is 3.00. The molecule has 8 heteroatoms. The standard InChI is InChI=1S/C15H11FN4O2S/c1-22-10-4-2-9(3-5-10)13-18-15(23-20-13)19-14(21)11-6-7-17-8-12(11)16/h2-8H,1H3,(H,18,19,20,21). The fraction of sp³-hybridized carbons (Fsp3) is 0.0667. The van der Waals surface area contributed by atoms with Gasteiger partial charge in [0, 0.05) is 23.3 Å². The lowest BCUT2D eigenvalue weighted by molar-refractivity contribution is 0.102. The summed E-state index contributed by atoms with van der Waals surface area (Å²) in [6, 6.07) is 8.52. The molecule has 0 bridgehead atoms. The number of hydrogen-bond acceptors (Lipinski definition) is 6. The second-order valence-corrected chi connectivity index (χ2v) is 5.21. The van der Waals surface area contributed by atoms with Gasteiger partial charge in [-0.1, -0.05) is 0 Å². The maximum Gasteiger partial charge on any atom is 0.260 e. The molecule has 0 saturated carbocycles. The maximum atomic E-state index is 13.5. The van der Waals surface area contributed by atoms with Gasteiger partial charge in [-0.3, -0.25) is 15.1 Å². The number of rotatable bonds is 4. The second-order valence-electron chi connectivity index (χ2n) is 4.46. The number of methoxy groups -OCH3 is 1. The first-order valence-electron chi connectivity index (χ1n) is 6.56. The molecular weight excluding hydrogens is 319 g/mol. The monoisotopic (exact) mass is 330 g/mol. The molecule has 0 radical (unpaired) electrons. The van der Waals surface area contributed by atoms with Crippen molar-refractivity contribution in [3.05, 3.63) is 54.1 Å². The summed E-state index contributed by atoms with van der Waals surface area (Å²) in [5.74, 6) is -0.0824. The zero-order chi connectivity index (χ0) is 16.2. The number of nitrogens with one attached hydrogen (secondary N) is 1.